The highest BCUT2D eigenvalue weighted by Gasteiger charge is 2.12. The van der Waals surface area contributed by atoms with Crippen LogP contribution in [0.3, 0.4) is 0 Å². The molecule has 1 aliphatic carbocycles. The maximum atomic E-state index is 10.6. The largest absolute Gasteiger partial charge is 0.493 e. The molecule has 1 amide bonds. The van der Waals surface area contributed by atoms with Crippen LogP contribution in [0.5, 0.6) is 5.75 Å². The summed E-state index contributed by atoms with van der Waals surface area (Å²) in [5.41, 5.74) is 6.19. The zero-order valence-electron chi connectivity index (χ0n) is 11.2. The van der Waals surface area contributed by atoms with Crippen LogP contribution in [-0.4, -0.2) is 18.6 Å². The lowest BCUT2D eigenvalue weighted by molar-refractivity contribution is -0.118. The zero-order valence-corrected chi connectivity index (χ0v) is 11.2. The number of hydrogen-bond acceptors (Lipinski definition) is 3. The van der Waals surface area contributed by atoms with Crippen molar-refractivity contribution in [2.24, 2.45) is 5.73 Å². The normalized spacial score (nSPS) is 16.0. The van der Waals surface area contributed by atoms with Crippen LogP contribution in [0.4, 0.5) is 5.69 Å². The number of carbonyl (C=O) groups excluding carboxylic acids is 1. The highest BCUT2D eigenvalue weighted by atomic mass is 16.5. The van der Waals surface area contributed by atoms with Gasteiger partial charge in [0.2, 0.25) is 5.91 Å². The Labute approximate surface area is 114 Å². The van der Waals surface area contributed by atoms with Crippen molar-refractivity contribution in [2.45, 2.75) is 44.6 Å². The molecule has 4 nitrogen and oxygen atoms in total. The molecule has 2 rings (SSSR count). The van der Waals surface area contributed by atoms with E-state index in [4.69, 9.17) is 10.5 Å². The molecule has 1 fully saturated rings. The predicted molar refractivity (Wildman–Crippen MR) is 76.2 cm³/mol. The lowest BCUT2D eigenvalue weighted by atomic mass is 9.95. The van der Waals surface area contributed by atoms with Gasteiger partial charge < -0.3 is 15.8 Å². The molecule has 3 N–H and O–H groups in total. The third kappa shape index (κ3) is 4.81. The van der Waals surface area contributed by atoms with Gasteiger partial charge in [0.05, 0.1) is 13.0 Å². The van der Waals surface area contributed by atoms with Gasteiger partial charge in [-0.25, -0.2) is 0 Å². The monoisotopic (exact) mass is 262 g/mol. The molecule has 1 saturated carbocycles. The Morgan fingerprint density at radius 3 is 2.53 bits per heavy atom. The number of ether oxygens (including phenoxy) is 1. The number of primary amides is 1. The second-order valence-corrected chi connectivity index (χ2v) is 5.07. The Morgan fingerprint density at radius 2 is 1.89 bits per heavy atom. The first kappa shape index (κ1) is 13.7. The third-order valence-electron chi connectivity index (χ3n) is 3.45. The molecule has 0 aliphatic heterocycles. The first-order valence-electron chi connectivity index (χ1n) is 7.02. The molecule has 0 heterocycles. The molecule has 0 radical (unpaired) electrons. The minimum absolute atomic E-state index is 0.252. The van der Waals surface area contributed by atoms with Crippen molar-refractivity contribution in [2.75, 3.05) is 11.9 Å². The summed E-state index contributed by atoms with van der Waals surface area (Å²) in [6.07, 6.45) is 6.79. The van der Waals surface area contributed by atoms with Gasteiger partial charge in [0.25, 0.3) is 0 Å². The van der Waals surface area contributed by atoms with Crippen LogP contribution in [0.1, 0.15) is 38.5 Å². The molecule has 19 heavy (non-hydrogen) atoms. The number of amides is 1. The average molecular weight is 262 g/mol. The maximum absolute atomic E-state index is 10.6. The summed E-state index contributed by atoms with van der Waals surface area (Å²) in [5.74, 6) is 0.436. The van der Waals surface area contributed by atoms with E-state index < -0.39 is 0 Å². The lowest BCUT2D eigenvalue weighted by Crippen LogP contribution is -2.22. The molecule has 104 valence electrons. The summed E-state index contributed by atoms with van der Waals surface area (Å²) in [5, 5.41) is 3.55. The van der Waals surface area contributed by atoms with Gasteiger partial charge in [-0.2, -0.15) is 0 Å². The SMILES string of the molecule is NC(=O)CCOc1ccc(NC2CCCCC2)cc1. The molecule has 0 bridgehead atoms. The zero-order chi connectivity index (χ0) is 13.5. The molecule has 1 aliphatic rings. The van der Waals surface area contributed by atoms with Gasteiger partial charge in [-0.15, -0.1) is 0 Å². The molecule has 1 aromatic carbocycles. The predicted octanol–water partition coefficient (Wildman–Crippen LogP) is 2.69. The maximum Gasteiger partial charge on any atom is 0.220 e. The smallest absolute Gasteiger partial charge is 0.220 e. The molecule has 0 aromatic heterocycles. The van der Waals surface area contributed by atoms with Crippen molar-refractivity contribution in [3.8, 4) is 5.75 Å². The Hall–Kier alpha value is -1.71. The van der Waals surface area contributed by atoms with Gasteiger partial charge in [-0.05, 0) is 37.1 Å². The van der Waals surface area contributed by atoms with Gasteiger partial charge in [0, 0.05) is 11.7 Å². The van der Waals surface area contributed by atoms with Gasteiger partial charge in [-0.3, -0.25) is 4.79 Å². The Balaban J connectivity index is 1.78. The number of benzene rings is 1. The molecular formula is C15H22N2O2. The van der Waals surface area contributed by atoms with Crippen molar-refractivity contribution < 1.29 is 9.53 Å². The van der Waals surface area contributed by atoms with E-state index in [2.05, 4.69) is 5.32 Å². The highest BCUT2D eigenvalue weighted by Crippen LogP contribution is 2.23. The fourth-order valence-corrected chi connectivity index (χ4v) is 2.40. The molecule has 4 heteroatoms. The van der Waals surface area contributed by atoms with E-state index in [0.29, 0.717) is 12.6 Å². The Morgan fingerprint density at radius 1 is 1.21 bits per heavy atom. The third-order valence-corrected chi connectivity index (χ3v) is 3.45. The second-order valence-electron chi connectivity index (χ2n) is 5.07. The summed E-state index contributed by atoms with van der Waals surface area (Å²) in [6, 6.07) is 8.50. The van der Waals surface area contributed by atoms with E-state index in [-0.39, 0.29) is 12.3 Å². The highest BCUT2D eigenvalue weighted by molar-refractivity contribution is 5.73. The van der Waals surface area contributed by atoms with E-state index >= 15 is 0 Å². The summed E-state index contributed by atoms with van der Waals surface area (Å²) >= 11 is 0. The second kappa shape index (κ2) is 7.02. The molecule has 0 atom stereocenters. The van der Waals surface area contributed by atoms with Crippen LogP contribution in [0.25, 0.3) is 0 Å². The molecule has 0 spiro atoms. The van der Waals surface area contributed by atoms with Crippen molar-refractivity contribution in [3.05, 3.63) is 24.3 Å². The lowest BCUT2D eigenvalue weighted by Gasteiger charge is -2.23. The Bertz CT molecular complexity index is 397. The van der Waals surface area contributed by atoms with E-state index in [1.807, 2.05) is 24.3 Å². The fourth-order valence-electron chi connectivity index (χ4n) is 2.40. The van der Waals surface area contributed by atoms with E-state index in [1.54, 1.807) is 0 Å². The average Bonchev–Trinajstić information content (AvgIpc) is 2.42. The topological polar surface area (TPSA) is 64.4 Å². The number of nitrogens with two attached hydrogens (primary N) is 1. The van der Waals surface area contributed by atoms with E-state index in [9.17, 15) is 4.79 Å². The minimum atomic E-state index is -0.337. The van der Waals surface area contributed by atoms with Crippen molar-refractivity contribution >= 4 is 11.6 Å². The number of hydrogen-bond donors (Lipinski definition) is 2. The quantitative estimate of drug-likeness (QED) is 0.828. The standard InChI is InChI=1S/C15H22N2O2/c16-15(18)10-11-19-14-8-6-13(7-9-14)17-12-4-2-1-3-5-12/h6-9,12,17H,1-5,10-11H2,(H2,16,18). The number of rotatable bonds is 6. The first-order valence-corrected chi connectivity index (χ1v) is 7.02. The van der Waals surface area contributed by atoms with Crippen LogP contribution in [-0.2, 0) is 4.79 Å². The summed E-state index contributed by atoms with van der Waals surface area (Å²) in [7, 11) is 0. The fraction of sp³-hybridized carbons (Fsp3) is 0.533. The van der Waals surface area contributed by atoms with Crippen molar-refractivity contribution in [1.29, 1.82) is 0 Å². The van der Waals surface area contributed by atoms with Crippen LogP contribution in [0, 0.1) is 0 Å². The van der Waals surface area contributed by atoms with Crippen LogP contribution in [0.2, 0.25) is 0 Å². The number of carbonyl (C=O) groups is 1. The van der Waals surface area contributed by atoms with Crippen LogP contribution < -0.4 is 15.8 Å². The molecular weight excluding hydrogens is 240 g/mol. The minimum Gasteiger partial charge on any atom is -0.493 e. The number of nitrogens with one attached hydrogen (secondary N) is 1. The Kier molecular flexibility index (Phi) is 5.07. The summed E-state index contributed by atoms with van der Waals surface area (Å²) in [6.45, 7) is 0.338. The van der Waals surface area contributed by atoms with Crippen LogP contribution in [0.15, 0.2) is 24.3 Å². The van der Waals surface area contributed by atoms with Gasteiger partial charge in [0.15, 0.2) is 0 Å². The van der Waals surface area contributed by atoms with Crippen molar-refractivity contribution in [3.63, 3.8) is 0 Å². The van der Waals surface area contributed by atoms with Gasteiger partial charge >= 0.3 is 0 Å². The number of anilines is 1. The van der Waals surface area contributed by atoms with E-state index in [1.165, 1.54) is 32.1 Å². The van der Waals surface area contributed by atoms with Crippen LogP contribution >= 0.6 is 0 Å². The van der Waals surface area contributed by atoms with E-state index in [0.717, 1.165) is 11.4 Å². The van der Waals surface area contributed by atoms with Crippen molar-refractivity contribution in [1.82, 2.24) is 0 Å². The summed E-state index contributed by atoms with van der Waals surface area (Å²) < 4.78 is 5.43. The molecule has 0 saturated heterocycles. The first-order chi connectivity index (χ1) is 9.24. The van der Waals surface area contributed by atoms with Gasteiger partial charge in [0.1, 0.15) is 5.75 Å². The van der Waals surface area contributed by atoms with Gasteiger partial charge in [-0.1, -0.05) is 19.3 Å². The molecule has 0 unspecified atom stereocenters. The summed E-state index contributed by atoms with van der Waals surface area (Å²) in [4.78, 5) is 10.6. The molecule has 1 aromatic rings.